The quantitative estimate of drug-likeness (QED) is 0.236. The van der Waals surface area contributed by atoms with Crippen molar-refractivity contribution in [2.45, 2.75) is 57.1 Å². The maximum Gasteiger partial charge on any atom is 0.262 e. The van der Waals surface area contributed by atoms with E-state index in [1.165, 1.54) is 0 Å². The minimum atomic E-state index is -0.969. The molecule has 57 heavy (non-hydrogen) atoms. The highest BCUT2D eigenvalue weighted by molar-refractivity contribution is 6.33. The monoisotopic (exact) mass is 791 g/mol. The Morgan fingerprint density at radius 3 is 2.21 bits per heavy atom. The average Bonchev–Trinajstić information content (AvgIpc) is 3.33. The van der Waals surface area contributed by atoms with Crippen molar-refractivity contribution in [3.8, 4) is 5.75 Å². The Balaban J connectivity index is 0.774. The van der Waals surface area contributed by atoms with Gasteiger partial charge in [-0.3, -0.25) is 39.1 Å². The van der Waals surface area contributed by atoms with Gasteiger partial charge in [-0.2, -0.15) is 0 Å². The summed E-state index contributed by atoms with van der Waals surface area (Å²) in [6, 6.07) is 17.5. The zero-order chi connectivity index (χ0) is 39.6. The lowest BCUT2D eigenvalue weighted by atomic mass is 9.95. The van der Waals surface area contributed by atoms with Crippen molar-refractivity contribution in [3.05, 3.63) is 93.8 Å². The number of fused-ring (bicyclic) bond motifs is 1. The van der Waals surface area contributed by atoms with Crippen LogP contribution in [0.1, 0.15) is 76.0 Å². The van der Waals surface area contributed by atoms with Gasteiger partial charge in [0, 0.05) is 88.7 Å². The first kappa shape index (κ1) is 38.4. The highest BCUT2D eigenvalue weighted by Crippen LogP contribution is 2.33. The Morgan fingerprint density at radius 1 is 0.772 bits per heavy atom. The Bertz CT molecular complexity index is 2100. The molecule has 2 atom stereocenters. The van der Waals surface area contributed by atoms with Crippen molar-refractivity contribution in [1.29, 1.82) is 0 Å². The first-order chi connectivity index (χ1) is 27.6. The van der Waals surface area contributed by atoms with Crippen LogP contribution in [0.3, 0.4) is 0 Å². The van der Waals surface area contributed by atoms with E-state index in [0.29, 0.717) is 52.2 Å². The minimum Gasteiger partial charge on any atom is -0.490 e. The normalized spacial score (nSPS) is 22.2. The number of ether oxygens (including phenoxy) is 1. The average molecular weight is 792 g/mol. The summed E-state index contributed by atoms with van der Waals surface area (Å²) in [5, 5.41) is 2.63. The predicted molar refractivity (Wildman–Crippen MR) is 215 cm³/mol. The molecule has 0 bridgehead atoms. The number of carbonyl (C=O) groups excluding carboxylic acids is 5. The highest BCUT2D eigenvalue weighted by atomic mass is 35.5. The van der Waals surface area contributed by atoms with Crippen LogP contribution in [-0.4, -0.2) is 115 Å². The number of piperidine rings is 2. The molecule has 14 heteroatoms. The number of nitrogens with zero attached hydrogens (tertiary/aromatic N) is 6. The summed E-state index contributed by atoms with van der Waals surface area (Å²) < 4.78 is 6.17. The van der Waals surface area contributed by atoms with Crippen molar-refractivity contribution >= 4 is 58.2 Å². The first-order valence-electron chi connectivity index (χ1n) is 20.0. The van der Waals surface area contributed by atoms with Crippen LogP contribution in [0.4, 0.5) is 17.1 Å². The minimum absolute atomic E-state index is 0.0213. The molecule has 4 saturated heterocycles. The van der Waals surface area contributed by atoms with E-state index in [0.717, 1.165) is 94.2 Å². The van der Waals surface area contributed by atoms with E-state index in [-0.39, 0.29) is 30.8 Å². The number of likely N-dealkylation sites (tertiary alicyclic amines) is 1. The van der Waals surface area contributed by atoms with Crippen molar-refractivity contribution in [1.82, 2.24) is 20.0 Å². The number of halogens is 1. The number of hydrogen-bond donors (Lipinski definition) is 1. The third-order valence-corrected chi connectivity index (χ3v) is 12.4. The molecule has 0 aromatic heterocycles. The van der Waals surface area contributed by atoms with Gasteiger partial charge < -0.3 is 19.4 Å². The van der Waals surface area contributed by atoms with Gasteiger partial charge in [0.2, 0.25) is 17.5 Å². The summed E-state index contributed by atoms with van der Waals surface area (Å²) in [4.78, 5) is 77.5. The number of rotatable bonds is 8. The Kier molecular flexibility index (Phi) is 11.2. The van der Waals surface area contributed by atoms with Gasteiger partial charge in [0.25, 0.3) is 17.7 Å². The summed E-state index contributed by atoms with van der Waals surface area (Å²) in [6.07, 6.45) is 4.68. The molecular formula is C43H46ClN7O6. The molecule has 8 rings (SSSR count). The van der Waals surface area contributed by atoms with Crippen molar-refractivity contribution < 1.29 is 28.7 Å². The van der Waals surface area contributed by atoms with Gasteiger partial charge in [0.1, 0.15) is 17.9 Å². The van der Waals surface area contributed by atoms with E-state index in [2.05, 4.69) is 37.0 Å². The SMILES string of the molecule is [C-]#[N+]c1ccc(OC2CCCN(C(=O)c3ccc(N4CCN(CC5CCN(c6ccc7c(c6)C(=O)N(C6CCC(=O)NC6=O)C7=O)CC5)CC4)cc3)CC2)cc1Cl. The fraction of sp³-hybridized carbons (Fsp3) is 0.442. The molecule has 13 nitrogen and oxygen atoms in total. The van der Waals surface area contributed by atoms with Gasteiger partial charge in [-0.15, -0.1) is 0 Å². The van der Waals surface area contributed by atoms with Crippen LogP contribution in [0.2, 0.25) is 5.02 Å². The van der Waals surface area contributed by atoms with Crippen LogP contribution < -0.4 is 19.9 Å². The van der Waals surface area contributed by atoms with Crippen LogP contribution in [0.15, 0.2) is 60.7 Å². The molecule has 1 N–H and O–H groups in total. The molecule has 296 valence electrons. The van der Waals surface area contributed by atoms with Crippen molar-refractivity contribution in [2.24, 2.45) is 5.92 Å². The Labute approximate surface area is 337 Å². The van der Waals surface area contributed by atoms with Gasteiger partial charge in [0.15, 0.2) is 0 Å². The number of carbonyl (C=O) groups is 5. The second-order valence-corrected chi connectivity index (χ2v) is 16.0. The molecule has 0 spiro atoms. The molecule has 5 heterocycles. The molecule has 5 aliphatic heterocycles. The molecule has 3 aromatic rings. The first-order valence-corrected chi connectivity index (χ1v) is 20.3. The molecular weight excluding hydrogens is 746 g/mol. The molecule has 0 radical (unpaired) electrons. The molecule has 2 unspecified atom stereocenters. The van der Waals surface area contributed by atoms with E-state index in [1.807, 2.05) is 23.1 Å². The predicted octanol–water partition coefficient (Wildman–Crippen LogP) is 5.40. The molecule has 5 aliphatic rings. The topological polar surface area (TPSA) is 127 Å². The summed E-state index contributed by atoms with van der Waals surface area (Å²) in [5.74, 6) is -0.707. The number of piperazine rings is 1. The lowest BCUT2D eigenvalue weighted by molar-refractivity contribution is -0.136. The van der Waals surface area contributed by atoms with Gasteiger partial charge in [-0.1, -0.05) is 17.7 Å². The molecule has 0 aliphatic carbocycles. The molecule has 0 saturated carbocycles. The van der Waals surface area contributed by atoms with Crippen LogP contribution in [-0.2, 0) is 9.59 Å². The lowest BCUT2D eigenvalue weighted by Gasteiger charge is -2.40. The zero-order valence-corrected chi connectivity index (χ0v) is 32.6. The lowest BCUT2D eigenvalue weighted by Crippen LogP contribution is -2.54. The molecule has 5 amide bonds. The Morgan fingerprint density at radius 2 is 1.49 bits per heavy atom. The summed E-state index contributed by atoms with van der Waals surface area (Å²) in [6.45, 7) is 15.0. The summed E-state index contributed by atoms with van der Waals surface area (Å²) in [5.41, 5.74) is 3.74. The van der Waals surface area contributed by atoms with Crippen LogP contribution in [0.25, 0.3) is 4.85 Å². The highest BCUT2D eigenvalue weighted by Gasteiger charge is 2.45. The van der Waals surface area contributed by atoms with E-state index in [1.54, 1.807) is 30.3 Å². The van der Waals surface area contributed by atoms with Gasteiger partial charge in [-0.25, -0.2) is 4.85 Å². The van der Waals surface area contributed by atoms with Gasteiger partial charge in [0.05, 0.1) is 22.7 Å². The molecule has 3 aromatic carbocycles. The maximum absolute atomic E-state index is 13.5. The summed E-state index contributed by atoms with van der Waals surface area (Å²) >= 11 is 6.20. The standard InChI is InChI=1S/C43H46ClN7O6/c1-45-37-11-9-33(26-36(37)44)57-32-3-2-17-50(20-16-32)41(54)29-4-6-30(7-5-29)49-23-21-47(22-24-49)27-28-14-18-48(19-15-28)31-8-10-34-35(25-31)43(56)51(42(34)55)38-12-13-39(52)46-40(38)53/h4-11,25-26,28,32,38H,2-3,12-24,27H2,(H,46,52,53). The number of nitrogens with one attached hydrogen (secondary N) is 1. The number of hydrogen-bond acceptors (Lipinski definition) is 9. The number of amides is 5. The van der Waals surface area contributed by atoms with Crippen LogP contribution in [0.5, 0.6) is 5.75 Å². The van der Waals surface area contributed by atoms with E-state index < -0.39 is 23.8 Å². The number of anilines is 2. The van der Waals surface area contributed by atoms with Crippen molar-refractivity contribution in [2.75, 3.05) is 68.7 Å². The van der Waals surface area contributed by atoms with Crippen LogP contribution in [0, 0.1) is 12.5 Å². The number of imide groups is 2. The third-order valence-electron chi connectivity index (χ3n) is 12.1. The number of benzene rings is 3. The van der Waals surface area contributed by atoms with E-state index in [9.17, 15) is 24.0 Å². The van der Waals surface area contributed by atoms with Crippen LogP contribution >= 0.6 is 11.6 Å². The van der Waals surface area contributed by atoms with E-state index in [4.69, 9.17) is 22.9 Å². The largest absolute Gasteiger partial charge is 0.490 e. The van der Waals surface area contributed by atoms with E-state index >= 15 is 0 Å². The fourth-order valence-corrected chi connectivity index (χ4v) is 9.02. The summed E-state index contributed by atoms with van der Waals surface area (Å²) in [7, 11) is 0. The van der Waals surface area contributed by atoms with Gasteiger partial charge in [-0.05, 0) is 92.6 Å². The Hall–Kier alpha value is -5.45. The molecule has 4 fully saturated rings. The van der Waals surface area contributed by atoms with Gasteiger partial charge >= 0.3 is 0 Å². The van der Waals surface area contributed by atoms with Crippen molar-refractivity contribution in [3.63, 3.8) is 0 Å². The fourth-order valence-electron chi connectivity index (χ4n) is 8.81. The third kappa shape index (κ3) is 8.20. The second kappa shape index (κ2) is 16.6. The smallest absolute Gasteiger partial charge is 0.262 e. The maximum atomic E-state index is 13.5. The zero-order valence-electron chi connectivity index (χ0n) is 31.8. The second-order valence-electron chi connectivity index (χ2n) is 15.6.